The Morgan fingerprint density at radius 3 is 1.00 bits per heavy atom. The lowest BCUT2D eigenvalue weighted by Crippen LogP contribution is -2.73. The molecular formula is C28H54O2. The van der Waals surface area contributed by atoms with Crippen LogP contribution in [-0.4, -0.2) is 17.0 Å². The van der Waals surface area contributed by atoms with E-state index in [1.165, 1.54) is 0 Å². The molecule has 2 nitrogen and oxygen atoms in total. The van der Waals surface area contributed by atoms with Gasteiger partial charge in [0.05, 0.1) is 11.2 Å². The van der Waals surface area contributed by atoms with E-state index in [1.54, 1.807) is 0 Å². The van der Waals surface area contributed by atoms with Crippen LogP contribution in [0.5, 0.6) is 0 Å². The highest BCUT2D eigenvalue weighted by Crippen LogP contribution is 2.77. The number of rotatable bonds is 2. The summed E-state index contributed by atoms with van der Waals surface area (Å²) in [4.78, 5) is 0. The fourth-order valence-corrected chi connectivity index (χ4v) is 7.17. The maximum atomic E-state index is 7.49. The van der Waals surface area contributed by atoms with E-state index in [9.17, 15) is 0 Å². The van der Waals surface area contributed by atoms with Gasteiger partial charge in [0.25, 0.3) is 0 Å². The van der Waals surface area contributed by atoms with Gasteiger partial charge in [0.2, 0.25) is 0 Å². The van der Waals surface area contributed by atoms with Crippen LogP contribution in [0, 0.1) is 37.9 Å². The van der Waals surface area contributed by atoms with Crippen molar-refractivity contribution in [3.05, 3.63) is 0 Å². The summed E-state index contributed by atoms with van der Waals surface area (Å²) < 4.78 is 14.5. The fourth-order valence-electron chi connectivity index (χ4n) is 7.17. The van der Waals surface area contributed by atoms with Gasteiger partial charge in [-0.25, -0.2) is 0 Å². The molecule has 2 aliphatic rings. The highest BCUT2D eigenvalue weighted by Gasteiger charge is 2.77. The summed E-state index contributed by atoms with van der Waals surface area (Å²) in [7, 11) is 0. The van der Waals surface area contributed by atoms with E-state index in [4.69, 9.17) is 9.47 Å². The van der Waals surface area contributed by atoms with Gasteiger partial charge >= 0.3 is 0 Å². The average molecular weight is 423 g/mol. The minimum Gasteiger partial charge on any atom is -0.343 e. The lowest BCUT2D eigenvalue weighted by molar-refractivity contribution is -0.444. The zero-order valence-corrected chi connectivity index (χ0v) is 23.8. The summed E-state index contributed by atoms with van der Waals surface area (Å²) in [5.74, 6) is -0.727. The molecule has 178 valence electrons. The van der Waals surface area contributed by atoms with Crippen molar-refractivity contribution in [2.24, 2.45) is 37.9 Å². The second kappa shape index (κ2) is 5.88. The first-order chi connectivity index (χ1) is 12.7. The molecule has 1 aliphatic carbocycles. The van der Waals surface area contributed by atoms with Crippen molar-refractivity contribution < 1.29 is 9.47 Å². The van der Waals surface area contributed by atoms with E-state index in [-0.39, 0.29) is 49.1 Å². The zero-order valence-electron chi connectivity index (χ0n) is 23.8. The first kappa shape index (κ1) is 26.2. The van der Waals surface area contributed by atoms with Crippen LogP contribution in [0.3, 0.4) is 0 Å². The first-order valence-corrected chi connectivity index (χ1v) is 12.1. The Bertz CT molecular complexity index is 689. The second-order valence-electron chi connectivity index (χ2n) is 15.1. The molecule has 0 amide bonds. The van der Waals surface area contributed by atoms with Crippen molar-refractivity contribution in [1.29, 1.82) is 0 Å². The summed E-state index contributed by atoms with van der Waals surface area (Å²) in [5.41, 5.74) is -0.896. The molecule has 1 saturated carbocycles. The average Bonchev–Trinajstić information content (AvgIpc) is 2.55. The van der Waals surface area contributed by atoms with Gasteiger partial charge in [0.1, 0.15) is 0 Å². The summed E-state index contributed by atoms with van der Waals surface area (Å²) in [6.07, 6.45) is 0. The van der Waals surface area contributed by atoms with Crippen LogP contribution in [0.15, 0.2) is 0 Å². The Labute approximate surface area is 189 Å². The summed E-state index contributed by atoms with van der Waals surface area (Å²) in [6.45, 7) is 42.6. The Hall–Kier alpha value is -0.0800. The van der Waals surface area contributed by atoms with Gasteiger partial charge in [-0.3, -0.25) is 0 Å². The Morgan fingerprint density at radius 1 is 0.367 bits per heavy atom. The summed E-state index contributed by atoms with van der Waals surface area (Å²) in [6, 6.07) is 0. The van der Waals surface area contributed by atoms with Gasteiger partial charge < -0.3 is 9.47 Å². The Balaban J connectivity index is 2.76. The standard InChI is InChI=1S/C28H54O2/c1-19(2)20(3,4)24(11,12)27(17,23(19,9)10)30-28(18)25(13,14)21(5,6)22(7,8)26(15,16)29-28/h1-18H3/t28-/m1/s1. The van der Waals surface area contributed by atoms with Crippen LogP contribution in [-0.2, 0) is 9.47 Å². The smallest absolute Gasteiger partial charge is 0.172 e. The molecule has 0 bridgehead atoms. The SMILES string of the molecule is CC1(C)O[C@](C)(OC2(C)C(C)(C)C(C)(C)C(C)(C)C2(C)C)C(C)(C)C(C)(C)C1(C)C. The molecule has 0 N–H and O–H groups in total. The molecule has 1 aliphatic heterocycles. The molecule has 2 heteroatoms. The van der Waals surface area contributed by atoms with Crippen molar-refractivity contribution in [3.63, 3.8) is 0 Å². The second-order valence-corrected chi connectivity index (χ2v) is 15.1. The maximum Gasteiger partial charge on any atom is 0.172 e. The quantitative estimate of drug-likeness (QED) is 0.444. The Morgan fingerprint density at radius 2 is 0.667 bits per heavy atom. The normalized spacial score (nSPS) is 38.2. The monoisotopic (exact) mass is 422 g/mol. The van der Waals surface area contributed by atoms with Crippen molar-refractivity contribution in [2.75, 3.05) is 0 Å². The third-order valence-corrected chi connectivity index (χ3v) is 13.7. The molecule has 1 heterocycles. The lowest BCUT2D eigenvalue weighted by atomic mass is 9.46. The van der Waals surface area contributed by atoms with E-state index in [0.29, 0.717) is 0 Å². The van der Waals surface area contributed by atoms with Crippen molar-refractivity contribution in [1.82, 2.24) is 0 Å². The highest BCUT2D eigenvalue weighted by atomic mass is 16.7. The molecule has 2 rings (SSSR count). The molecule has 2 fully saturated rings. The van der Waals surface area contributed by atoms with Crippen LogP contribution in [0.4, 0.5) is 0 Å². The van der Waals surface area contributed by atoms with E-state index in [1.807, 2.05) is 0 Å². The van der Waals surface area contributed by atoms with Gasteiger partial charge in [-0.1, -0.05) is 96.9 Å². The van der Waals surface area contributed by atoms with Gasteiger partial charge in [0, 0.05) is 5.41 Å². The summed E-state index contributed by atoms with van der Waals surface area (Å²) >= 11 is 0. The Kier molecular flexibility index (Phi) is 5.13. The fraction of sp³-hybridized carbons (Fsp3) is 1.00. The minimum atomic E-state index is -0.727. The number of ether oxygens (including phenoxy) is 2. The molecule has 0 spiro atoms. The first-order valence-electron chi connectivity index (χ1n) is 12.1. The molecule has 0 aromatic carbocycles. The molecule has 0 aromatic rings. The van der Waals surface area contributed by atoms with Crippen LogP contribution < -0.4 is 0 Å². The van der Waals surface area contributed by atoms with Crippen molar-refractivity contribution >= 4 is 0 Å². The minimum absolute atomic E-state index is 0.00914. The summed E-state index contributed by atoms with van der Waals surface area (Å²) in [5, 5.41) is 0. The third-order valence-electron chi connectivity index (χ3n) is 13.7. The molecule has 1 saturated heterocycles. The van der Waals surface area contributed by atoms with Gasteiger partial charge in [-0.05, 0) is 60.2 Å². The lowest BCUT2D eigenvalue weighted by Gasteiger charge is -2.70. The highest BCUT2D eigenvalue weighted by molar-refractivity contribution is 5.24. The molecule has 0 unspecified atom stereocenters. The van der Waals surface area contributed by atoms with Gasteiger partial charge in [0.15, 0.2) is 5.79 Å². The van der Waals surface area contributed by atoms with E-state index in [0.717, 1.165) is 0 Å². The van der Waals surface area contributed by atoms with Crippen molar-refractivity contribution in [2.45, 2.75) is 142 Å². The van der Waals surface area contributed by atoms with Gasteiger partial charge in [-0.15, -0.1) is 0 Å². The van der Waals surface area contributed by atoms with Gasteiger partial charge in [-0.2, -0.15) is 0 Å². The molecule has 1 atom stereocenters. The van der Waals surface area contributed by atoms with E-state index < -0.39 is 5.79 Å². The van der Waals surface area contributed by atoms with Crippen LogP contribution in [0.2, 0.25) is 0 Å². The number of hydrogen-bond acceptors (Lipinski definition) is 2. The predicted molar refractivity (Wildman–Crippen MR) is 130 cm³/mol. The number of hydrogen-bond donors (Lipinski definition) is 0. The third kappa shape index (κ3) is 2.34. The molecule has 30 heavy (non-hydrogen) atoms. The van der Waals surface area contributed by atoms with E-state index in [2.05, 4.69) is 125 Å². The zero-order chi connectivity index (χ0) is 24.4. The van der Waals surface area contributed by atoms with E-state index >= 15 is 0 Å². The predicted octanol–water partition coefficient (Wildman–Crippen LogP) is 8.48. The van der Waals surface area contributed by atoms with Crippen LogP contribution >= 0.6 is 0 Å². The van der Waals surface area contributed by atoms with Crippen molar-refractivity contribution in [3.8, 4) is 0 Å². The van der Waals surface area contributed by atoms with Crippen LogP contribution in [0.25, 0.3) is 0 Å². The largest absolute Gasteiger partial charge is 0.343 e. The molecule has 0 aromatic heterocycles. The topological polar surface area (TPSA) is 18.5 Å². The molecule has 0 radical (unpaired) electrons. The maximum absolute atomic E-state index is 7.49. The van der Waals surface area contributed by atoms with Crippen LogP contribution in [0.1, 0.15) is 125 Å². The molecular weight excluding hydrogens is 368 g/mol.